The molecule has 1 atom stereocenters. The molecule has 0 saturated carbocycles. The molecule has 0 aliphatic rings. The van der Waals surface area contributed by atoms with Crippen molar-refractivity contribution in [3.63, 3.8) is 0 Å². The van der Waals surface area contributed by atoms with E-state index in [1.807, 2.05) is 38.1 Å². The number of hydrogen-bond acceptors (Lipinski definition) is 3. The summed E-state index contributed by atoms with van der Waals surface area (Å²) in [6, 6.07) is 7.96. The predicted molar refractivity (Wildman–Crippen MR) is 59.1 cm³/mol. The van der Waals surface area contributed by atoms with Crippen molar-refractivity contribution < 1.29 is 14.2 Å². The maximum absolute atomic E-state index is 5.54. The Hall–Kier alpha value is -1.06. The van der Waals surface area contributed by atoms with Crippen LogP contribution in [-0.2, 0) is 9.47 Å². The van der Waals surface area contributed by atoms with Crippen LogP contribution in [0.4, 0.5) is 0 Å². The summed E-state index contributed by atoms with van der Waals surface area (Å²) < 4.78 is 15.6. The van der Waals surface area contributed by atoms with Gasteiger partial charge in [0, 0.05) is 7.11 Å². The van der Waals surface area contributed by atoms with Crippen LogP contribution in [0.5, 0.6) is 5.75 Å². The average Bonchev–Trinajstić information content (AvgIpc) is 2.25. The standard InChI is InChI=1S/C12H18O3/c1-10-4-6-12(7-5-10)14-8-11(2)15-9-13-3/h4-7,11H,8-9H2,1-3H3. The van der Waals surface area contributed by atoms with E-state index < -0.39 is 0 Å². The second kappa shape index (κ2) is 6.43. The molecule has 0 saturated heterocycles. The Balaban J connectivity index is 2.27. The summed E-state index contributed by atoms with van der Waals surface area (Å²) in [4.78, 5) is 0. The highest BCUT2D eigenvalue weighted by Crippen LogP contribution is 2.11. The van der Waals surface area contributed by atoms with Gasteiger partial charge in [0.05, 0.1) is 6.10 Å². The first-order chi connectivity index (χ1) is 7.22. The molecule has 3 nitrogen and oxygen atoms in total. The summed E-state index contributed by atoms with van der Waals surface area (Å²) in [5, 5.41) is 0. The molecule has 3 heteroatoms. The van der Waals surface area contributed by atoms with E-state index in [0.29, 0.717) is 13.4 Å². The van der Waals surface area contributed by atoms with Gasteiger partial charge in [-0.3, -0.25) is 0 Å². The van der Waals surface area contributed by atoms with Crippen molar-refractivity contribution in [1.29, 1.82) is 0 Å². The number of rotatable bonds is 6. The van der Waals surface area contributed by atoms with E-state index in [2.05, 4.69) is 0 Å². The molecule has 0 N–H and O–H groups in total. The van der Waals surface area contributed by atoms with Crippen molar-refractivity contribution in [3.05, 3.63) is 29.8 Å². The van der Waals surface area contributed by atoms with E-state index in [4.69, 9.17) is 14.2 Å². The zero-order chi connectivity index (χ0) is 11.1. The number of aryl methyl sites for hydroxylation is 1. The summed E-state index contributed by atoms with van der Waals surface area (Å²) in [6.07, 6.45) is 0.0336. The van der Waals surface area contributed by atoms with Gasteiger partial charge in [0.25, 0.3) is 0 Å². The monoisotopic (exact) mass is 210 g/mol. The van der Waals surface area contributed by atoms with Crippen LogP contribution in [0.3, 0.4) is 0 Å². The molecule has 84 valence electrons. The van der Waals surface area contributed by atoms with Crippen LogP contribution in [0.15, 0.2) is 24.3 Å². The number of methoxy groups -OCH3 is 1. The van der Waals surface area contributed by atoms with Gasteiger partial charge in [-0.1, -0.05) is 17.7 Å². The Morgan fingerprint density at radius 2 is 1.87 bits per heavy atom. The number of hydrogen-bond donors (Lipinski definition) is 0. The SMILES string of the molecule is COCOC(C)COc1ccc(C)cc1. The van der Waals surface area contributed by atoms with Gasteiger partial charge in [-0.25, -0.2) is 0 Å². The van der Waals surface area contributed by atoms with Crippen molar-refractivity contribution in [2.45, 2.75) is 20.0 Å². The fraction of sp³-hybridized carbons (Fsp3) is 0.500. The minimum Gasteiger partial charge on any atom is -0.491 e. The summed E-state index contributed by atoms with van der Waals surface area (Å²) in [5.41, 5.74) is 1.23. The molecule has 1 rings (SSSR count). The van der Waals surface area contributed by atoms with Gasteiger partial charge in [-0.05, 0) is 26.0 Å². The highest BCUT2D eigenvalue weighted by atomic mass is 16.7. The van der Waals surface area contributed by atoms with Gasteiger partial charge in [0.15, 0.2) is 0 Å². The van der Waals surface area contributed by atoms with Gasteiger partial charge in [0.2, 0.25) is 0 Å². The second-order valence-corrected chi connectivity index (χ2v) is 3.51. The van der Waals surface area contributed by atoms with E-state index in [1.54, 1.807) is 7.11 Å². The third-order valence-corrected chi connectivity index (χ3v) is 1.98. The molecule has 0 aliphatic heterocycles. The van der Waals surface area contributed by atoms with Gasteiger partial charge >= 0.3 is 0 Å². The third kappa shape index (κ3) is 4.81. The van der Waals surface area contributed by atoms with Crippen LogP contribution in [-0.4, -0.2) is 26.6 Å². The Morgan fingerprint density at radius 1 is 1.20 bits per heavy atom. The lowest BCUT2D eigenvalue weighted by Gasteiger charge is -2.13. The normalized spacial score (nSPS) is 12.5. The molecule has 0 fully saturated rings. The van der Waals surface area contributed by atoms with Gasteiger partial charge in [-0.15, -0.1) is 0 Å². The largest absolute Gasteiger partial charge is 0.491 e. The van der Waals surface area contributed by atoms with Crippen molar-refractivity contribution in [2.24, 2.45) is 0 Å². The molecule has 0 amide bonds. The molecule has 0 radical (unpaired) electrons. The summed E-state index contributed by atoms with van der Waals surface area (Å²) in [6.45, 7) is 4.84. The van der Waals surface area contributed by atoms with Crippen molar-refractivity contribution in [2.75, 3.05) is 20.5 Å². The molecule has 15 heavy (non-hydrogen) atoms. The molecule has 0 spiro atoms. The fourth-order valence-electron chi connectivity index (χ4n) is 1.08. The van der Waals surface area contributed by atoms with E-state index in [-0.39, 0.29) is 6.10 Å². The molecule has 0 bridgehead atoms. The quantitative estimate of drug-likeness (QED) is 0.675. The Bertz CT molecular complexity index is 269. The lowest BCUT2D eigenvalue weighted by atomic mass is 10.2. The second-order valence-electron chi connectivity index (χ2n) is 3.51. The fourth-order valence-corrected chi connectivity index (χ4v) is 1.08. The molecule has 1 aromatic carbocycles. The van der Waals surface area contributed by atoms with Crippen molar-refractivity contribution in [1.82, 2.24) is 0 Å². The lowest BCUT2D eigenvalue weighted by Crippen LogP contribution is -2.19. The highest BCUT2D eigenvalue weighted by Gasteiger charge is 2.02. The van der Waals surface area contributed by atoms with Crippen LogP contribution in [0.2, 0.25) is 0 Å². The Morgan fingerprint density at radius 3 is 2.47 bits per heavy atom. The zero-order valence-corrected chi connectivity index (χ0v) is 9.53. The first-order valence-corrected chi connectivity index (χ1v) is 5.02. The van der Waals surface area contributed by atoms with Gasteiger partial charge < -0.3 is 14.2 Å². The highest BCUT2D eigenvalue weighted by molar-refractivity contribution is 5.26. The predicted octanol–water partition coefficient (Wildman–Crippen LogP) is 2.38. The smallest absolute Gasteiger partial charge is 0.146 e. The Labute approximate surface area is 91.0 Å². The van der Waals surface area contributed by atoms with Crippen LogP contribution >= 0.6 is 0 Å². The molecule has 0 aromatic heterocycles. The number of ether oxygens (including phenoxy) is 3. The molecular formula is C12H18O3. The minimum absolute atomic E-state index is 0.0336. The molecule has 0 heterocycles. The van der Waals surface area contributed by atoms with Crippen LogP contribution in [0, 0.1) is 6.92 Å². The van der Waals surface area contributed by atoms with E-state index in [0.717, 1.165) is 5.75 Å². The molecule has 1 aromatic rings. The molecule has 0 aliphatic carbocycles. The summed E-state index contributed by atoms with van der Waals surface area (Å²) in [5.74, 6) is 0.869. The lowest BCUT2D eigenvalue weighted by molar-refractivity contribution is -0.0767. The summed E-state index contributed by atoms with van der Waals surface area (Å²) in [7, 11) is 1.60. The topological polar surface area (TPSA) is 27.7 Å². The van der Waals surface area contributed by atoms with E-state index in [1.165, 1.54) is 5.56 Å². The first-order valence-electron chi connectivity index (χ1n) is 5.02. The minimum atomic E-state index is 0.0336. The van der Waals surface area contributed by atoms with E-state index >= 15 is 0 Å². The first kappa shape index (κ1) is 12.0. The Kier molecular flexibility index (Phi) is 5.15. The molecular weight excluding hydrogens is 192 g/mol. The van der Waals surface area contributed by atoms with Gasteiger partial charge in [-0.2, -0.15) is 0 Å². The maximum Gasteiger partial charge on any atom is 0.146 e. The van der Waals surface area contributed by atoms with Crippen molar-refractivity contribution >= 4 is 0 Å². The van der Waals surface area contributed by atoms with Crippen LogP contribution in [0.25, 0.3) is 0 Å². The van der Waals surface area contributed by atoms with Crippen LogP contribution < -0.4 is 4.74 Å². The molecule has 1 unspecified atom stereocenters. The van der Waals surface area contributed by atoms with Crippen LogP contribution in [0.1, 0.15) is 12.5 Å². The van der Waals surface area contributed by atoms with Crippen molar-refractivity contribution in [3.8, 4) is 5.75 Å². The van der Waals surface area contributed by atoms with Gasteiger partial charge in [0.1, 0.15) is 19.1 Å². The summed E-state index contributed by atoms with van der Waals surface area (Å²) >= 11 is 0. The van der Waals surface area contributed by atoms with E-state index in [9.17, 15) is 0 Å². The number of benzene rings is 1. The average molecular weight is 210 g/mol. The zero-order valence-electron chi connectivity index (χ0n) is 9.53. The third-order valence-electron chi connectivity index (χ3n) is 1.98. The maximum atomic E-state index is 5.54.